The molecular formula is C10H14N2O. The minimum atomic E-state index is 0.805. The van der Waals surface area contributed by atoms with Gasteiger partial charge in [0.2, 0.25) is 0 Å². The van der Waals surface area contributed by atoms with Gasteiger partial charge in [0, 0.05) is 19.2 Å². The van der Waals surface area contributed by atoms with Crippen LogP contribution in [0, 0.1) is 0 Å². The van der Waals surface area contributed by atoms with Crippen LogP contribution in [-0.4, -0.2) is 20.2 Å². The average Bonchev–Trinajstić information content (AvgIpc) is 2.05. The second kappa shape index (κ2) is 3.17. The minimum absolute atomic E-state index is 0.805. The molecule has 0 amide bonds. The van der Waals surface area contributed by atoms with E-state index < -0.39 is 0 Å². The van der Waals surface area contributed by atoms with Crippen LogP contribution in [0.15, 0.2) is 18.2 Å². The molecule has 0 atom stereocenters. The Morgan fingerprint density at radius 2 is 2.15 bits per heavy atom. The molecule has 1 aromatic rings. The SMILES string of the molecule is COc1ccc(N2CCC2)c(N)c1. The zero-order chi connectivity index (χ0) is 9.26. The van der Waals surface area contributed by atoms with Crippen LogP contribution in [0.25, 0.3) is 0 Å². The molecule has 0 radical (unpaired) electrons. The van der Waals surface area contributed by atoms with Crippen LogP contribution >= 0.6 is 0 Å². The Morgan fingerprint density at radius 1 is 1.38 bits per heavy atom. The quantitative estimate of drug-likeness (QED) is 0.697. The first kappa shape index (κ1) is 8.23. The predicted octanol–water partition coefficient (Wildman–Crippen LogP) is 1.49. The van der Waals surface area contributed by atoms with E-state index in [2.05, 4.69) is 4.90 Å². The summed E-state index contributed by atoms with van der Waals surface area (Å²) < 4.78 is 5.08. The van der Waals surface area contributed by atoms with Crippen LogP contribution in [-0.2, 0) is 0 Å². The molecule has 0 saturated carbocycles. The highest BCUT2D eigenvalue weighted by atomic mass is 16.5. The molecule has 0 bridgehead atoms. The van der Waals surface area contributed by atoms with Crippen LogP contribution in [0.4, 0.5) is 11.4 Å². The zero-order valence-corrected chi connectivity index (χ0v) is 7.79. The summed E-state index contributed by atoms with van der Waals surface area (Å²) in [6.45, 7) is 2.24. The molecule has 0 unspecified atom stereocenters. The van der Waals surface area contributed by atoms with Crippen molar-refractivity contribution < 1.29 is 4.74 Å². The van der Waals surface area contributed by atoms with Crippen LogP contribution in [0.1, 0.15) is 6.42 Å². The number of hydrogen-bond donors (Lipinski definition) is 1. The Balaban J connectivity index is 2.26. The summed E-state index contributed by atoms with van der Waals surface area (Å²) in [4.78, 5) is 2.27. The number of nitrogens with two attached hydrogens (primary N) is 1. The molecular weight excluding hydrogens is 164 g/mol. The number of rotatable bonds is 2. The second-order valence-electron chi connectivity index (χ2n) is 3.27. The van der Waals surface area contributed by atoms with E-state index in [9.17, 15) is 0 Å². The lowest BCUT2D eigenvalue weighted by atomic mass is 10.1. The summed E-state index contributed by atoms with van der Waals surface area (Å²) in [5.41, 5.74) is 7.82. The van der Waals surface area contributed by atoms with Gasteiger partial charge < -0.3 is 15.4 Å². The molecule has 1 aliphatic rings. The number of methoxy groups -OCH3 is 1. The highest BCUT2D eigenvalue weighted by molar-refractivity contribution is 5.70. The smallest absolute Gasteiger partial charge is 0.121 e. The molecule has 3 heteroatoms. The largest absolute Gasteiger partial charge is 0.497 e. The molecule has 13 heavy (non-hydrogen) atoms. The van der Waals surface area contributed by atoms with Crippen LogP contribution in [0.5, 0.6) is 5.75 Å². The van der Waals surface area contributed by atoms with E-state index in [0.717, 1.165) is 30.2 Å². The van der Waals surface area contributed by atoms with E-state index in [4.69, 9.17) is 10.5 Å². The number of nitrogen functional groups attached to an aromatic ring is 1. The van der Waals surface area contributed by atoms with Crippen molar-refractivity contribution in [1.82, 2.24) is 0 Å². The van der Waals surface area contributed by atoms with Gasteiger partial charge >= 0.3 is 0 Å². The van der Waals surface area contributed by atoms with E-state index in [1.807, 2.05) is 18.2 Å². The Kier molecular flexibility index (Phi) is 2.00. The van der Waals surface area contributed by atoms with Crippen LogP contribution < -0.4 is 15.4 Å². The fourth-order valence-electron chi connectivity index (χ4n) is 1.50. The molecule has 70 valence electrons. The highest BCUT2D eigenvalue weighted by Gasteiger charge is 2.16. The topological polar surface area (TPSA) is 38.5 Å². The highest BCUT2D eigenvalue weighted by Crippen LogP contribution is 2.30. The number of benzene rings is 1. The van der Waals surface area contributed by atoms with Crippen molar-refractivity contribution in [3.8, 4) is 5.75 Å². The van der Waals surface area contributed by atoms with Crippen molar-refractivity contribution in [1.29, 1.82) is 0 Å². The number of ether oxygens (including phenoxy) is 1. The summed E-state index contributed by atoms with van der Waals surface area (Å²) in [6.07, 6.45) is 1.27. The maximum absolute atomic E-state index is 5.89. The Hall–Kier alpha value is -1.38. The van der Waals surface area contributed by atoms with Gasteiger partial charge in [-0.15, -0.1) is 0 Å². The number of hydrogen-bond acceptors (Lipinski definition) is 3. The molecule has 2 rings (SSSR count). The lowest BCUT2D eigenvalue weighted by molar-refractivity contribution is 0.415. The van der Waals surface area contributed by atoms with Crippen molar-refractivity contribution in [2.24, 2.45) is 0 Å². The molecule has 0 aromatic heterocycles. The van der Waals surface area contributed by atoms with Gasteiger partial charge in [0.05, 0.1) is 18.5 Å². The summed E-state index contributed by atoms with van der Waals surface area (Å²) in [5, 5.41) is 0. The van der Waals surface area contributed by atoms with Crippen molar-refractivity contribution >= 4 is 11.4 Å². The summed E-state index contributed by atoms with van der Waals surface area (Å²) in [5.74, 6) is 0.821. The molecule has 0 aliphatic carbocycles. The Labute approximate surface area is 78.1 Å². The molecule has 1 heterocycles. The first-order valence-corrected chi connectivity index (χ1v) is 4.50. The standard InChI is InChI=1S/C10H14N2O/c1-13-8-3-4-10(9(11)7-8)12-5-2-6-12/h3-4,7H,2,5-6,11H2,1H3. The monoisotopic (exact) mass is 178 g/mol. The lowest BCUT2D eigenvalue weighted by Crippen LogP contribution is -2.37. The number of anilines is 2. The summed E-state index contributed by atoms with van der Waals surface area (Å²) >= 11 is 0. The third-order valence-corrected chi connectivity index (χ3v) is 2.43. The Bertz CT molecular complexity index is 308. The van der Waals surface area contributed by atoms with E-state index in [0.29, 0.717) is 0 Å². The molecule has 2 N–H and O–H groups in total. The van der Waals surface area contributed by atoms with E-state index >= 15 is 0 Å². The van der Waals surface area contributed by atoms with Gasteiger partial charge in [0.25, 0.3) is 0 Å². The summed E-state index contributed by atoms with van der Waals surface area (Å²) in [6, 6.07) is 5.84. The van der Waals surface area contributed by atoms with Crippen molar-refractivity contribution in [3.05, 3.63) is 18.2 Å². The zero-order valence-electron chi connectivity index (χ0n) is 7.79. The molecule has 1 aliphatic heterocycles. The fourth-order valence-corrected chi connectivity index (χ4v) is 1.50. The fraction of sp³-hybridized carbons (Fsp3) is 0.400. The first-order valence-electron chi connectivity index (χ1n) is 4.50. The van der Waals surface area contributed by atoms with Gasteiger partial charge in [-0.2, -0.15) is 0 Å². The molecule has 1 aromatic carbocycles. The van der Waals surface area contributed by atoms with Gasteiger partial charge in [-0.1, -0.05) is 0 Å². The van der Waals surface area contributed by atoms with Gasteiger partial charge in [0.1, 0.15) is 5.75 Å². The summed E-state index contributed by atoms with van der Waals surface area (Å²) in [7, 11) is 1.65. The van der Waals surface area contributed by atoms with Gasteiger partial charge in [-0.3, -0.25) is 0 Å². The average molecular weight is 178 g/mol. The molecule has 0 spiro atoms. The molecule has 3 nitrogen and oxygen atoms in total. The van der Waals surface area contributed by atoms with Crippen molar-refractivity contribution in [3.63, 3.8) is 0 Å². The third kappa shape index (κ3) is 1.41. The van der Waals surface area contributed by atoms with Gasteiger partial charge in [-0.05, 0) is 18.6 Å². The van der Waals surface area contributed by atoms with Crippen molar-refractivity contribution in [2.75, 3.05) is 30.8 Å². The molecule has 1 saturated heterocycles. The van der Waals surface area contributed by atoms with E-state index in [1.165, 1.54) is 6.42 Å². The molecule has 1 fully saturated rings. The Morgan fingerprint density at radius 3 is 2.62 bits per heavy atom. The second-order valence-corrected chi connectivity index (χ2v) is 3.27. The maximum Gasteiger partial charge on any atom is 0.121 e. The normalized spacial score (nSPS) is 15.3. The lowest BCUT2D eigenvalue weighted by Gasteiger charge is -2.34. The first-order chi connectivity index (χ1) is 6.31. The van der Waals surface area contributed by atoms with Crippen LogP contribution in [0.2, 0.25) is 0 Å². The van der Waals surface area contributed by atoms with E-state index in [-0.39, 0.29) is 0 Å². The van der Waals surface area contributed by atoms with Crippen molar-refractivity contribution in [2.45, 2.75) is 6.42 Å². The van der Waals surface area contributed by atoms with E-state index in [1.54, 1.807) is 7.11 Å². The van der Waals surface area contributed by atoms with Gasteiger partial charge in [-0.25, -0.2) is 0 Å². The van der Waals surface area contributed by atoms with Crippen LogP contribution in [0.3, 0.4) is 0 Å². The number of nitrogens with zero attached hydrogens (tertiary/aromatic N) is 1. The van der Waals surface area contributed by atoms with Gasteiger partial charge in [0.15, 0.2) is 0 Å². The maximum atomic E-state index is 5.89. The minimum Gasteiger partial charge on any atom is -0.497 e. The third-order valence-electron chi connectivity index (χ3n) is 2.43. The predicted molar refractivity (Wildman–Crippen MR) is 54.2 cm³/mol.